The van der Waals surface area contributed by atoms with Gasteiger partial charge >= 0.3 is 0 Å². The predicted molar refractivity (Wildman–Crippen MR) is 95.3 cm³/mol. The largest absolute Gasteiger partial charge is 0.381 e. The molecule has 0 radical (unpaired) electrons. The zero-order valence-electron chi connectivity index (χ0n) is 14.5. The van der Waals surface area contributed by atoms with Crippen LogP contribution in [0, 0.1) is 5.92 Å². The smallest absolute Gasteiger partial charge is 0.0594 e. The summed E-state index contributed by atoms with van der Waals surface area (Å²) in [5, 5.41) is 3.86. The lowest BCUT2D eigenvalue weighted by Gasteiger charge is -2.41. The summed E-state index contributed by atoms with van der Waals surface area (Å²) in [6.45, 7) is 6.86. The van der Waals surface area contributed by atoms with Gasteiger partial charge in [0, 0.05) is 44.2 Å². The third-order valence-corrected chi connectivity index (χ3v) is 6.05. The van der Waals surface area contributed by atoms with Crippen molar-refractivity contribution in [2.75, 3.05) is 46.1 Å². The van der Waals surface area contributed by atoms with Crippen LogP contribution < -0.4 is 5.32 Å². The van der Waals surface area contributed by atoms with E-state index in [0.717, 1.165) is 52.0 Å². The Morgan fingerprint density at radius 2 is 1.83 bits per heavy atom. The van der Waals surface area contributed by atoms with Crippen molar-refractivity contribution in [1.29, 1.82) is 0 Å². The molecule has 132 valence electrons. The van der Waals surface area contributed by atoms with Crippen molar-refractivity contribution >= 4 is 0 Å². The van der Waals surface area contributed by atoms with Crippen molar-refractivity contribution in [1.82, 2.24) is 10.2 Å². The van der Waals surface area contributed by atoms with Crippen molar-refractivity contribution in [3.8, 4) is 0 Å². The van der Waals surface area contributed by atoms with E-state index in [1.165, 1.54) is 24.8 Å². The minimum Gasteiger partial charge on any atom is -0.381 e. The molecular formula is C20H30N2O2. The van der Waals surface area contributed by atoms with Gasteiger partial charge in [-0.1, -0.05) is 30.3 Å². The normalized spacial score (nSPS) is 32.4. The molecule has 4 rings (SSSR count). The van der Waals surface area contributed by atoms with E-state index in [1.54, 1.807) is 0 Å². The van der Waals surface area contributed by atoms with Crippen LogP contribution in [0.3, 0.4) is 0 Å². The fraction of sp³-hybridized carbons (Fsp3) is 0.700. The Bertz CT molecular complexity index is 492. The third-order valence-electron chi connectivity index (χ3n) is 6.05. The molecule has 1 aromatic rings. The third kappa shape index (κ3) is 3.83. The number of hydrogen-bond acceptors (Lipinski definition) is 4. The van der Waals surface area contributed by atoms with Crippen molar-refractivity contribution in [2.24, 2.45) is 5.92 Å². The monoisotopic (exact) mass is 330 g/mol. The molecule has 3 aliphatic rings. The van der Waals surface area contributed by atoms with Gasteiger partial charge < -0.3 is 14.8 Å². The van der Waals surface area contributed by atoms with E-state index in [9.17, 15) is 0 Å². The van der Waals surface area contributed by atoms with Gasteiger partial charge in [0.25, 0.3) is 0 Å². The Hall–Kier alpha value is -0.940. The van der Waals surface area contributed by atoms with Gasteiger partial charge in [0.15, 0.2) is 0 Å². The van der Waals surface area contributed by atoms with Gasteiger partial charge in [-0.25, -0.2) is 0 Å². The summed E-state index contributed by atoms with van der Waals surface area (Å²) in [5.41, 5.74) is 1.50. The molecule has 4 nitrogen and oxygen atoms in total. The van der Waals surface area contributed by atoms with E-state index >= 15 is 0 Å². The number of rotatable bonds is 6. The van der Waals surface area contributed by atoms with Crippen LogP contribution in [-0.2, 0) is 9.47 Å². The molecule has 2 aliphatic heterocycles. The molecule has 3 fully saturated rings. The molecule has 2 saturated heterocycles. The van der Waals surface area contributed by atoms with Crippen LogP contribution in [0.5, 0.6) is 0 Å². The van der Waals surface area contributed by atoms with E-state index in [1.807, 2.05) is 0 Å². The Morgan fingerprint density at radius 3 is 2.54 bits per heavy atom. The second kappa shape index (κ2) is 7.96. The molecular weight excluding hydrogens is 300 g/mol. The van der Waals surface area contributed by atoms with Crippen molar-refractivity contribution in [2.45, 2.75) is 37.3 Å². The molecule has 4 heteroatoms. The Morgan fingerprint density at radius 1 is 1.04 bits per heavy atom. The van der Waals surface area contributed by atoms with Crippen molar-refractivity contribution < 1.29 is 9.47 Å². The van der Waals surface area contributed by atoms with Gasteiger partial charge in [0.2, 0.25) is 0 Å². The lowest BCUT2D eigenvalue weighted by Crippen LogP contribution is -2.54. The topological polar surface area (TPSA) is 33.7 Å². The first kappa shape index (κ1) is 16.5. The predicted octanol–water partition coefficient (Wildman–Crippen LogP) is 2.26. The lowest BCUT2D eigenvalue weighted by atomic mass is 9.76. The summed E-state index contributed by atoms with van der Waals surface area (Å²) in [4.78, 5) is 2.63. The summed E-state index contributed by atoms with van der Waals surface area (Å²) >= 11 is 0. The van der Waals surface area contributed by atoms with Crippen LogP contribution in [0.2, 0.25) is 0 Å². The average Bonchev–Trinajstić information content (AvgIpc) is 3.13. The van der Waals surface area contributed by atoms with Crippen LogP contribution in [0.15, 0.2) is 30.3 Å². The molecule has 1 saturated carbocycles. The lowest BCUT2D eigenvalue weighted by molar-refractivity contribution is -0.0000249. The summed E-state index contributed by atoms with van der Waals surface area (Å²) in [6.07, 6.45) is 3.77. The molecule has 1 aliphatic carbocycles. The molecule has 2 heterocycles. The summed E-state index contributed by atoms with van der Waals surface area (Å²) in [5.74, 6) is 1.43. The zero-order chi connectivity index (χ0) is 16.2. The highest BCUT2D eigenvalue weighted by molar-refractivity contribution is 5.22. The van der Waals surface area contributed by atoms with Crippen LogP contribution in [0.25, 0.3) is 0 Å². The fourth-order valence-electron chi connectivity index (χ4n) is 4.43. The van der Waals surface area contributed by atoms with Crippen LogP contribution in [0.1, 0.15) is 30.7 Å². The first-order valence-electron chi connectivity index (χ1n) is 9.58. The van der Waals surface area contributed by atoms with E-state index in [4.69, 9.17) is 9.47 Å². The maximum atomic E-state index is 5.67. The van der Waals surface area contributed by atoms with Crippen LogP contribution in [0.4, 0.5) is 0 Å². The summed E-state index contributed by atoms with van der Waals surface area (Å²) < 4.78 is 11.2. The van der Waals surface area contributed by atoms with E-state index in [2.05, 4.69) is 40.5 Å². The molecule has 0 amide bonds. The van der Waals surface area contributed by atoms with E-state index in [-0.39, 0.29) is 0 Å². The Kier molecular flexibility index (Phi) is 5.48. The number of morpholine rings is 1. The Labute approximate surface area is 145 Å². The highest BCUT2D eigenvalue weighted by atomic mass is 16.5. The fourth-order valence-corrected chi connectivity index (χ4v) is 4.43. The first-order valence-corrected chi connectivity index (χ1v) is 9.58. The van der Waals surface area contributed by atoms with Crippen molar-refractivity contribution in [3.63, 3.8) is 0 Å². The summed E-state index contributed by atoms with van der Waals surface area (Å²) in [6, 6.07) is 12.2. The average molecular weight is 330 g/mol. The molecule has 0 bridgehead atoms. The number of benzene rings is 1. The number of nitrogens with one attached hydrogen (secondary N) is 1. The molecule has 2 atom stereocenters. The van der Waals surface area contributed by atoms with Gasteiger partial charge in [0.05, 0.1) is 19.8 Å². The molecule has 1 aromatic carbocycles. The van der Waals surface area contributed by atoms with Gasteiger partial charge in [-0.3, -0.25) is 4.90 Å². The minimum atomic E-state index is 0.604. The van der Waals surface area contributed by atoms with Crippen LogP contribution >= 0.6 is 0 Å². The van der Waals surface area contributed by atoms with Gasteiger partial charge in [-0.2, -0.15) is 0 Å². The summed E-state index contributed by atoms with van der Waals surface area (Å²) in [7, 11) is 0. The Balaban J connectivity index is 1.28. The SMILES string of the molecule is c1ccc(C2CC(NC[C@@H]([C@H]3CCOC3)N3CCOCC3)C2)cc1. The number of nitrogens with zero attached hydrogens (tertiary/aromatic N) is 1. The number of ether oxygens (including phenoxy) is 2. The highest BCUT2D eigenvalue weighted by Crippen LogP contribution is 2.36. The van der Waals surface area contributed by atoms with Crippen LogP contribution in [-0.4, -0.2) is 63.0 Å². The molecule has 0 aromatic heterocycles. The second-order valence-electron chi connectivity index (χ2n) is 7.52. The van der Waals surface area contributed by atoms with Gasteiger partial charge in [-0.15, -0.1) is 0 Å². The molecule has 0 spiro atoms. The second-order valence-corrected chi connectivity index (χ2v) is 7.52. The zero-order valence-corrected chi connectivity index (χ0v) is 14.5. The number of hydrogen-bond donors (Lipinski definition) is 1. The standard InChI is InChI=1S/C20H30N2O2/c1-2-4-16(5-3-1)18-12-19(13-18)21-14-20(17-6-9-24-15-17)22-7-10-23-11-8-22/h1-5,17-21H,6-15H2/t17-,18?,19?,20-/m0/s1. The quantitative estimate of drug-likeness (QED) is 0.867. The van der Waals surface area contributed by atoms with Crippen molar-refractivity contribution in [3.05, 3.63) is 35.9 Å². The molecule has 0 unspecified atom stereocenters. The molecule has 24 heavy (non-hydrogen) atoms. The van der Waals surface area contributed by atoms with E-state index < -0.39 is 0 Å². The van der Waals surface area contributed by atoms with Gasteiger partial charge in [-0.05, 0) is 30.7 Å². The van der Waals surface area contributed by atoms with E-state index in [0.29, 0.717) is 18.0 Å². The minimum absolute atomic E-state index is 0.604. The van der Waals surface area contributed by atoms with Gasteiger partial charge in [0.1, 0.15) is 0 Å². The maximum absolute atomic E-state index is 5.67. The first-order chi connectivity index (χ1) is 11.9. The maximum Gasteiger partial charge on any atom is 0.0594 e. The highest BCUT2D eigenvalue weighted by Gasteiger charge is 2.34. The molecule has 1 N–H and O–H groups in total.